The molecule has 0 fully saturated rings. The number of carbonyl (C=O) groups is 2. The van der Waals surface area contributed by atoms with Crippen molar-refractivity contribution in [1.82, 2.24) is 10.2 Å². The Morgan fingerprint density at radius 3 is 2.41 bits per heavy atom. The predicted octanol–water partition coefficient (Wildman–Crippen LogP) is 8.70. The van der Waals surface area contributed by atoms with E-state index >= 15 is 0 Å². The molecular weight excluding hydrogens is 636 g/mol. The number of aliphatic carboxylic acids is 1. The van der Waals surface area contributed by atoms with Crippen molar-refractivity contribution in [3.63, 3.8) is 0 Å². The Morgan fingerprint density at radius 1 is 1.12 bits per heavy atom. The molecule has 4 N–H and O–H groups in total. The van der Waals surface area contributed by atoms with Gasteiger partial charge in [-0.1, -0.05) is 106 Å². The van der Waals surface area contributed by atoms with E-state index in [1.165, 1.54) is 33.7 Å². The van der Waals surface area contributed by atoms with Gasteiger partial charge in [0.1, 0.15) is 0 Å². The minimum Gasteiger partial charge on any atom is -0.478 e. The monoisotopic (exact) mass is 690 g/mol. The zero-order valence-electron chi connectivity index (χ0n) is 31.7. The zero-order valence-corrected chi connectivity index (χ0v) is 31.7. The highest BCUT2D eigenvalue weighted by Gasteiger charge is 2.21. The Kier molecular flexibility index (Phi) is 15.8. The second-order valence-corrected chi connectivity index (χ2v) is 13.4. The smallest absolute Gasteiger partial charge is 0.335 e. The first-order chi connectivity index (χ1) is 24.2. The van der Waals surface area contributed by atoms with E-state index in [1.807, 2.05) is 20.9 Å². The number of amides is 1. The van der Waals surface area contributed by atoms with E-state index in [2.05, 4.69) is 117 Å². The highest BCUT2D eigenvalue weighted by Crippen LogP contribution is 2.35. The maximum Gasteiger partial charge on any atom is 0.335 e. The summed E-state index contributed by atoms with van der Waals surface area (Å²) in [5, 5.41) is 17.4. The van der Waals surface area contributed by atoms with Gasteiger partial charge in [-0.2, -0.15) is 0 Å². The number of rotatable bonds is 9. The van der Waals surface area contributed by atoms with E-state index in [0.717, 1.165) is 28.5 Å². The van der Waals surface area contributed by atoms with Gasteiger partial charge in [-0.3, -0.25) is 9.69 Å². The number of carbonyl (C=O) groups excluding carboxylic acids is 1. The molecule has 0 radical (unpaired) electrons. The molecule has 4 rings (SSSR count). The van der Waals surface area contributed by atoms with Crippen LogP contribution >= 0.6 is 0 Å². The van der Waals surface area contributed by atoms with E-state index in [1.54, 1.807) is 19.9 Å². The highest BCUT2D eigenvalue weighted by atomic mass is 16.4. The lowest BCUT2D eigenvalue weighted by Gasteiger charge is -2.21. The van der Waals surface area contributed by atoms with Gasteiger partial charge in [0.05, 0.1) is 23.5 Å². The molecule has 1 unspecified atom stereocenters. The lowest BCUT2D eigenvalue weighted by atomic mass is 9.83. The fraction of sp³-hybridized carbons (Fsp3) is 0.349. The largest absolute Gasteiger partial charge is 0.478 e. The van der Waals surface area contributed by atoms with Gasteiger partial charge in [-0.05, 0) is 85.7 Å². The normalized spacial score (nSPS) is 15.7. The van der Waals surface area contributed by atoms with Gasteiger partial charge < -0.3 is 16.2 Å². The van der Waals surface area contributed by atoms with Gasteiger partial charge in [0.25, 0.3) is 0 Å². The van der Waals surface area contributed by atoms with Gasteiger partial charge in [0.2, 0.25) is 0 Å². The number of benzene rings is 2. The summed E-state index contributed by atoms with van der Waals surface area (Å²) < 4.78 is 0. The molecule has 1 aliphatic heterocycles. The number of nitrogens with zero attached hydrogens (tertiary/aromatic N) is 2. The SMILES string of the molecule is C=C.CC.CC(C)=C(NCC(=O)N=O)/C(N)=C/C(=C\CC1C=C(C#Cc2ccc3c4c(c(/C=C(\C)C(C)(C)C)ccc24)CC=C3)CN1C)C(=O)O. The topological polar surface area (TPSA) is 125 Å². The maximum atomic E-state index is 12.1. The van der Waals surface area contributed by atoms with E-state index < -0.39 is 11.9 Å². The molecule has 0 saturated heterocycles. The van der Waals surface area contributed by atoms with Crippen molar-refractivity contribution in [1.29, 1.82) is 0 Å². The van der Waals surface area contributed by atoms with Crippen molar-refractivity contribution in [2.24, 2.45) is 16.3 Å². The molecule has 1 atom stereocenters. The van der Waals surface area contributed by atoms with Crippen molar-refractivity contribution in [2.45, 2.75) is 74.3 Å². The van der Waals surface area contributed by atoms with E-state index in [9.17, 15) is 19.6 Å². The fourth-order valence-corrected chi connectivity index (χ4v) is 5.65. The Morgan fingerprint density at radius 2 is 1.80 bits per heavy atom. The molecule has 8 nitrogen and oxygen atoms in total. The van der Waals surface area contributed by atoms with Crippen LogP contribution in [0, 0.1) is 22.2 Å². The van der Waals surface area contributed by atoms with E-state index in [-0.39, 0.29) is 29.3 Å². The Balaban J connectivity index is 0.00000217. The average Bonchev–Trinajstić information content (AvgIpc) is 3.46. The molecule has 0 bridgehead atoms. The number of likely N-dealkylation sites (N-methyl/N-ethyl adjacent to an activating group) is 1. The molecular formula is C43H54N4O4. The average molecular weight is 691 g/mol. The molecule has 0 spiro atoms. The lowest BCUT2D eigenvalue weighted by molar-refractivity contribution is -0.132. The Labute approximate surface area is 304 Å². The van der Waals surface area contributed by atoms with Crippen LogP contribution in [0.5, 0.6) is 0 Å². The molecule has 2 aromatic carbocycles. The van der Waals surface area contributed by atoms with E-state index in [0.29, 0.717) is 18.7 Å². The van der Waals surface area contributed by atoms with Crippen molar-refractivity contribution in [2.75, 3.05) is 20.1 Å². The molecule has 2 aliphatic rings. The van der Waals surface area contributed by atoms with Crippen LogP contribution in [0.4, 0.5) is 0 Å². The summed E-state index contributed by atoms with van der Waals surface area (Å²) in [5.41, 5.74) is 14.7. The lowest BCUT2D eigenvalue weighted by Crippen LogP contribution is -2.26. The third-order valence-electron chi connectivity index (χ3n) is 8.71. The van der Waals surface area contributed by atoms with E-state index in [4.69, 9.17) is 5.73 Å². The van der Waals surface area contributed by atoms with Crippen LogP contribution in [-0.4, -0.2) is 48.1 Å². The summed E-state index contributed by atoms with van der Waals surface area (Å²) in [4.78, 5) is 36.0. The van der Waals surface area contributed by atoms with Crippen LogP contribution in [0.15, 0.2) is 101 Å². The third-order valence-corrected chi connectivity index (χ3v) is 8.71. The molecule has 0 saturated carbocycles. The van der Waals surface area contributed by atoms with Crippen LogP contribution in [0.2, 0.25) is 0 Å². The number of allylic oxidation sites excluding steroid dienone is 3. The standard InChI is InChI=1S/C39H44N4O4.C2H6.C2H4/c1-24(2)37(41-22-35(44)42-47)34(40)21-30(38(45)46)15-17-31-20-26(23-43(31)7)11-12-27-13-14-28-9-8-10-32-29(16-18-33(27)36(28)32)19-25(3)39(4,5)6;2*1-2/h8-9,13-16,18-21,31,41H,10,17,22-23,40H2,1-7H3,(H,45,46);1-2H3;1-2H2/b25-19+,30-15+,34-21-;;. The molecule has 1 heterocycles. The van der Waals surface area contributed by atoms with Crippen molar-refractivity contribution in [3.8, 4) is 11.8 Å². The summed E-state index contributed by atoms with van der Waals surface area (Å²) >= 11 is 0. The number of nitrogens with one attached hydrogen (secondary N) is 1. The van der Waals surface area contributed by atoms with Crippen molar-refractivity contribution in [3.05, 3.63) is 123 Å². The minimum atomic E-state index is -1.12. The highest BCUT2D eigenvalue weighted by molar-refractivity contribution is 6.00. The number of carboxylic acid groups (broad SMARTS) is 1. The zero-order chi connectivity index (χ0) is 38.5. The number of nitrogens with two attached hydrogens (primary N) is 1. The van der Waals surface area contributed by atoms with Crippen LogP contribution in [0.1, 0.15) is 84.1 Å². The molecule has 51 heavy (non-hydrogen) atoms. The number of nitroso groups, excluding NO2 is 1. The molecule has 270 valence electrons. The third kappa shape index (κ3) is 11.1. The fourth-order valence-electron chi connectivity index (χ4n) is 5.65. The first kappa shape index (κ1) is 41.9. The van der Waals surface area contributed by atoms with Gasteiger partial charge in [-0.25, -0.2) is 4.79 Å². The number of carboxylic acids is 1. The first-order valence-corrected chi connectivity index (χ1v) is 17.2. The van der Waals surface area contributed by atoms with Crippen LogP contribution < -0.4 is 11.1 Å². The van der Waals surface area contributed by atoms with Gasteiger partial charge in [0, 0.05) is 28.9 Å². The molecule has 1 amide bonds. The summed E-state index contributed by atoms with van der Waals surface area (Å²) in [5.74, 6) is 4.82. The summed E-state index contributed by atoms with van der Waals surface area (Å²) in [7, 11) is 1.99. The second kappa shape index (κ2) is 19.2. The number of hydrogen-bond acceptors (Lipinski definition) is 6. The maximum absolute atomic E-state index is 12.1. The van der Waals surface area contributed by atoms with Crippen LogP contribution in [0.25, 0.3) is 22.9 Å². The quantitative estimate of drug-likeness (QED) is 0.0790. The van der Waals surface area contributed by atoms with Crippen molar-refractivity contribution >= 4 is 34.8 Å². The summed E-state index contributed by atoms with van der Waals surface area (Å²) in [6.45, 7) is 22.8. The second-order valence-electron chi connectivity index (χ2n) is 13.4. The van der Waals surface area contributed by atoms with Crippen molar-refractivity contribution < 1.29 is 14.7 Å². The summed E-state index contributed by atoms with van der Waals surface area (Å²) in [6.07, 6.45) is 13.1. The Hall–Kier alpha value is -5.26. The molecule has 1 aliphatic carbocycles. The molecule has 8 heteroatoms. The number of hydrogen-bond donors (Lipinski definition) is 3. The molecule has 2 aromatic rings. The van der Waals surface area contributed by atoms with Gasteiger partial charge >= 0.3 is 11.9 Å². The summed E-state index contributed by atoms with van der Waals surface area (Å²) in [6, 6.07) is 8.61. The van der Waals surface area contributed by atoms with Crippen LogP contribution in [0.3, 0.4) is 0 Å². The van der Waals surface area contributed by atoms with Crippen LogP contribution in [-0.2, 0) is 16.0 Å². The van der Waals surface area contributed by atoms with Gasteiger partial charge in [-0.15, -0.1) is 18.1 Å². The minimum absolute atomic E-state index is 0.0222. The first-order valence-electron chi connectivity index (χ1n) is 17.2. The Bertz CT molecular complexity index is 1880. The predicted molar refractivity (Wildman–Crippen MR) is 214 cm³/mol. The molecule has 0 aromatic heterocycles. The van der Waals surface area contributed by atoms with Gasteiger partial charge in [0.15, 0.2) is 0 Å².